The van der Waals surface area contributed by atoms with Gasteiger partial charge in [0.1, 0.15) is 28.7 Å². The highest BCUT2D eigenvalue weighted by Gasteiger charge is 2.38. The van der Waals surface area contributed by atoms with E-state index in [9.17, 15) is 9.59 Å². The van der Waals surface area contributed by atoms with Crippen molar-refractivity contribution in [3.05, 3.63) is 71.9 Å². The summed E-state index contributed by atoms with van der Waals surface area (Å²) in [4.78, 5) is 43.0. The molecule has 2 saturated heterocycles. The van der Waals surface area contributed by atoms with Crippen LogP contribution in [0, 0.1) is 6.92 Å². The van der Waals surface area contributed by atoms with Gasteiger partial charge in [-0.25, -0.2) is 19.7 Å². The normalized spacial score (nSPS) is 19.5. The van der Waals surface area contributed by atoms with Crippen LogP contribution in [0.4, 0.5) is 16.4 Å². The summed E-state index contributed by atoms with van der Waals surface area (Å²) in [5.74, 6) is 1.61. The van der Waals surface area contributed by atoms with Crippen LogP contribution in [-0.2, 0) is 0 Å². The van der Waals surface area contributed by atoms with Crippen molar-refractivity contribution in [2.24, 2.45) is 0 Å². The molecule has 3 aromatic heterocycles. The summed E-state index contributed by atoms with van der Waals surface area (Å²) >= 11 is 0. The molecule has 1 aromatic carbocycles. The number of pyridine rings is 1. The van der Waals surface area contributed by atoms with Crippen molar-refractivity contribution in [1.29, 1.82) is 0 Å². The van der Waals surface area contributed by atoms with Gasteiger partial charge in [0.25, 0.3) is 5.91 Å². The molecule has 4 aromatic rings. The standard InChI is InChI=1S/C28H30N8O2/c1-17-9-11-30-22(15-17)32-27(37)19-5-3-18(4-6-19)23-24-25(29)31-12-14-35(24)26(33-23)20-7-8-21-10-13-34(2)28(38)36(21)16-20/h3-6,9,11-12,14-15,20-21H,7-8,10,13,16H2,1-2H3,(H2,29,31)(H,30,32,37)/t20-,21+/m1/s1. The molecular weight excluding hydrogens is 480 g/mol. The van der Waals surface area contributed by atoms with E-state index in [4.69, 9.17) is 10.7 Å². The number of nitrogen functional groups attached to an aromatic ring is 1. The van der Waals surface area contributed by atoms with E-state index >= 15 is 0 Å². The fraction of sp³-hybridized carbons (Fsp3) is 0.321. The van der Waals surface area contributed by atoms with Gasteiger partial charge in [-0.05, 0) is 56.0 Å². The van der Waals surface area contributed by atoms with Crippen molar-refractivity contribution in [2.45, 2.75) is 38.1 Å². The van der Waals surface area contributed by atoms with Crippen molar-refractivity contribution in [2.75, 3.05) is 31.2 Å². The monoisotopic (exact) mass is 510 g/mol. The van der Waals surface area contributed by atoms with E-state index in [0.29, 0.717) is 35.5 Å². The number of carbonyl (C=O) groups is 2. The Morgan fingerprint density at radius 3 is 2.68 bits per heavy atom. The topological polar surface area (TPSA) is 122 Å². The SMILES string of the molecule is Cc1ccnc(NC(=O)c2ccc(-c3nc([C@@H]4CC[C@H]5CCN(C)C(=O)N5C4)n4ccnc(N)c34)cc2)c1. The number of aromatic nitrogens is 4. The average molecular weight is 511 g/mol. The molecule has 10 heteroatoms. The Kier molecular flexibility index (Phi) is 5.94. The number of piperidine rings is 1. The quantitative estimate of drug-likeness (QED) is 0.429. The van der Waals surface area contributed by atoms with Gasteiger partial charge in [0.2, 0.25) is 0 Å². The summed E-state index contributed by atoms with van der Waals surface area (Å²) < 4.78 is 2.00. The van der Waals surface area contributed by atoms with E-state index in [1.54, 1.807) is 29.4 Å². The first-order chi connectivity index (χ1) is 18.4. The Balaban J connectivity index is 1.31. The lowest BCUT2D eigenvalue weighted by Gasteiger charge is -2.45. The lowest BCUT2D eigenvalue weighted by molar-refractivity contribution is 0.0805. The van der Waals surface area contributed by atoms with Crippen LogP contribution in [0.3, 0.4) is 0 Å². The zero-order valence-corrected chi connectivity index (χ0v) is 21.5. The van der Waals surface area contributed by atoms with Gasteiger partial charge < -0.3 is 20.9 Å². The minimum Gasteiger partial charge on any atom is -0.382 e. The minimum atomic E-state index is -0.237. The van der Waals surface area contributed by atoms with Gasteiger partial charge in [0.15, 0.2) is 0 Å². The van der Waals surface area contributed by atoms with Gasteiger partial charge in [-0.15, -0.1) is 0 Å². The predicted octanol–water partition coefficient (Wildman–Crippen LogP) is 3.94. The molecule has 6 rings (SSSR count). The van der Waals surface area contributed by atoms with E-state index in [1.165, 1.54) is 0 Å². The van der Waals surface area contributed by atoms with Gasteiger partial charge in [0, 0.05) is 61.8 Å². The summed E-state index contributed by atoms with van der Waals surface area (Å²) in [6.45, 7) is 3.38. The molecule has 0 spiro atoms. The third kappa shape index (κ3) is 4.21. The van der Waals surface area contributed by atoms with Gasteiger partial charge in [-0.2, -0.15) is 0 Å². The number of fused-ring (bicyclic) bond motifs is 2. The van der Waals surface area contributed by atoms with Crippen LogP contribution in [0.1, 0.15) is 46.9 Å². The molecule has 10 nitrogen and oxygen atoms in total. The smallest absolute Gasteiger partial charge is 0.320 e. The number of urea groups is 1. The molecule has 2 atom stereocenters. The van der Waals surface area contributed by atoms with Crippen molar-refractivity contribution >= 4 is 29.1 Å². The summed E-state index contributed by atoms with van der Waals surface area (Å²) in [5.41, 5.74) is 10.1. The number of aryl methyl sites for hydroxylation is 1. The van der Waals surface area contributed by atoms with Crippen molar-refractivity contribution < 1.29 is 9.59 Å². The first-order valence-corrected chi connectivity index (χ1v) is 12.9. The lowest BCUT2D eigenvalue weighted by Crippen LogP contribution is -2.56. The largest absolute Gasteiger partial charge is 0.382 e. The first kappa shape index (κ1) is 23.9. The number of nitrogens with one attached hydrogen (secondary N) is 1. The second-order valence-electron chi connectivity index (χ2n) is 10.2. The highest BCUT2D eigenvalue weighted by molar-refractivity contribution is 6.04. The fourth-order valence-corrected chi connectivity index (χ4v) is 5.58. The Bertz CT molecular complexity index is 1530. The van der Waals surface area contributed by atoms with E-state index in [0.717, 1.165) is 48.3 Å². The predicted molar refractivity (Wildman–Crippen MR) is 145 cm³/mol. The molecule has 2 aliphatic heterocycles. The zero-order valence-electron chi connectivity index (χ0n) is 21.5. The second kappa shape index (κ2) is 9.44. The van der Waals surface area contributed by atoms with E-state index in [2.05, 4.69) is 15.3 Å². The van der Waals surface area contributed by atoms with Crippen LogP contribution >= 0.6 is 0 Å². The molecule has 2 aliphatic rings. The van der Waals surface area contributed by atoms with Gasteiger partial charge in [0.05, 0.1) is 0 Å². The molecular formula is C28H30N8O2. The molecule has 5 heterocycles. The summed E-state index contributed by atoms with van der Waals surface area (Å²) in [6, 6.07) is 11.4. The average Bonchev–Trinajstić information content (AvgIpc) is 3.32. The van der Waals surface area contributed by atoms with Crippen LogP contribution in [0.5, 0.6) is 0 Å². The zero-order chi connectivity index (χ0) is 26.4. The maximum absolute atomic E-state index is 12.9. The van der Waals surface area contributed by atoms with Crippen molar-refractivity contribution in [1.82, 2.24) is 29.2 Å². The van der Waals surface area contributed by atoms with E-state index in [1.807, 2.05) is 53.7 Å². The number of rotatable bonds is 4. The summed E-state index contributed by atoms with van der Waals surface area (Å²) in [5, 5.41) is 2.84. The number of carbonyl (C=O) groups excluding carboxylic acids is 2. The molecule has 38 heavy (non-hydrogen) atoms. The second-order valence-corrected chi connectivity index (χ2v) is 10.2. The number of nitrogens with zero attached hydrogens (tertiary/aromatic N) is 6. The van der Waals surface area contributed by atoms with Crippen LogP contribution in [0.2, 0.25) is 0 Å². The Morgan fingerprint density at radius 1 is 1.08 bits per heavy atom. The molecule has 0 aliphatic carbocycles. The number of anilines is 2. The fourth-order valence-electron chi connectivity index (χ4n) is 5.58. The Hall–Kier alpha value is -4.47. The van der Waals surface area contributed by atoms with Crippen molar-refractivity contribution in [3.63, 3.8) is 0 Å². The van der Waals surface area contributed by atoms with E-state index < -0.39 is 0 Å². The number of amides is 3. The van der Waals surface area contributed by atoms with Crippen LogP contribution in [-0.4, -0.2) is 67.3 Å². The van der Waals surface area contributed by atoms with Gasteiger partial charge in [-0.1, -0.05) is 12.1 Å². The number of hydrogen-bond donors (Lipinski definition) is 2. The molecule has 0 unspecified atom stereocenters. The molecule has 0 saturated carbocycles. The highest BCUT2D eigenvalue weighted by atomic mass is 16.2. The van der Waals surface area contributed by atoms with Crippen LogP contribution in [0.15, 0.2) is 55.0 Å². The Morgan fingerprint density at radius 2 is 1.89 bits per heavy atom. The number of benzene rings is 1. The van der Waals surface area contributed by atoms with Gasteiger partial charge in [-0.3, -0.25) is 9.20 Å². The summed E-state index contributed by atoms with van der Waals surface area (Å²) in [6.07, 6.45) is 8.12. The molecule has 0 bridgehead atoms. The maximum Gasteiger partial charge on any atom is 0.320 e. The molecule has 194 valence electrons. The molecule has 3 N–H and O–H groups in total. The minimum absolute atomic E-state index is 0.0802. The Labute approximate surface area is 220 Å². The molecule has 2 fully saturated rings. The third-order valence-electron chi connectivity index (χ3n) is 7.63. The van der Waals surface area contributed by atoms with Crippen LogP contribution < -0.4 is 11.1 Å². The maximum atomic E-state index is 12.9. The number of hydrogen-bond acceptors (Lipinski definition) is 6. The molecule has 3 amide bonds. The lowest BCUT2D eigenvalue weighted by atomic mass is 9.89. The third-order valence-corrected chi connectivity index (χ3v) is 7.63. The van der Waals surface area contributed by atoms with Crippen molar-refractivity contribution in [3.8, 4) is 11.3 Å². The highest BCUT2D eigenvalue weighted by Crippen LogP contribution is 2.37. The first-order valence-electron chi connectivity index (χ1n) is 12.9. The van der Waals surface area contributed by atoms with E-state index in [-0.39, 0.29) is 17.9 Å². The number of imidazole rings is 1. The van der Waals surface area contributed by atoms with Gasteiger partial charge >= 0.3 is 6.03 Å². The van der Waals surface area contributed by atoms with Crippen LogP contribution in [0.25, 0.3) is 16.8 Å². The summed E-state index contributed by atoms with van der Waals surface area (Å²) in [7, 11) is 1.86. The number of nitrogens with two attached hydrogens (primary N) is 1. The molecule has 0 radical (unpaired) electrons.